The lowest BCUT2D eigenvalue weighted by atomic mass is 10.2. The van der Waals surface area contributed by atoms with Crippen LogP contribution in [0.2, 0.25) is 5.02 Å². The number of aromatic nitrogens is 4. The summed E-state index contributed by atoms with van der Waals surface area (Å²) in [5.74, 6) is 0.170. The van der Waals surface area contributed by atoms with Crippen LogP contribution in [0, 0.1) is 11.3 Å². The fourth-order valence-corrected chi connectivity index (χ4v) is 2.50. The number of halogens is 1. The number of benzene rings is 2. The maximum atomic E-state index is 12.6. The highest BCUT2D eigenvalue weighted by atomic mass is 35.5. The summed E-state index contributed by atoms with van der Waals surface area (Å²) < 4.78 is 0. The van der Waals surface area contributed by atoms with E-state index in [0.29, 0.717) is 28.5 Å². The Morgan fingerprint density at radius 3 is 2.54 bits per heavy atom. The lowest BCUT2D eigenvalue weighted by molar-refractivity contribution is -0.119. The van der Waals surface area contributed by atoms with Crippen LogP contribution in [0.4, 0.5) is 5.69 Å². The minimum absolute atomic E-state index is 0.253. The molecule has 1 aromatic heterocycles. The Morgan fingerprint density at radius 2 is 1.92 bits per heavy atom. The molecule has 1 atom stereocenters. The summed E-state index contributed by atoms with van der Waals surface area (Å²) >= 11 is 5.88. The van der Waals surface area contributed by atoms with E-state index in [-0.39, 0.29) is 5.91 Å². The molecule has 0 fully saturated rings. The largest absolute Gasteiger partial charge is 0.324 e. The first-order valence-corrected chi connectivity index (χ1v) is 8.35. The standard InChI is InChI=1S/C18H15ClN6O/c1-2-16(18(26)21-15-9-3-12(11-20)4-10-15)25-23-17(22-24-25)13-5-7-14(19)8-6-13/h3-10,16H,2H2,1H3,(H,21,26)/t16-/m1/s1. The Morgan fingerprint density at radius 1 is 1.23 bits per heavy atom. The van der Waals surface area contributed by atoms with E-state index in [1.807, 2.05) is 13.0 Å². The highest BCUT2D eigenvalue weighted by molar-refractivity contribution is 6.30. The molecule has 1 heterocycles. The first kappa shape index (κ1) is 17.6. The number of nitriles is 1. The van der Waals surface area contributed by atoms with Gasteiger partial charge in [-0.2, -0.15) is 10.1 Å². The zero-order valence-corrected chi connectivity index (χ0v) is 14.7. The van der Waals surface area contributed by atoms with Gasteiger partial charge < -0.3 is 5.32 Å². The van der Waals surface area contributed by atoms with Gasteiger partial charge in [-0.3, -0.25) is 4.79 Å². The van der Waals surface area contributed by atoms with Gasteiger partial charge in [0.15, 0.2) is 6.04 Å². The molecule has 0 unspecified atom stereocenters. The third kappa shape index (κ3) is 3.87. The summed E-state index contributed by atoms with van der Waals surface area (Å²) in [6, 6.07) is 15.1. The summed E-state index contributed by atoms with van der Waals surface area (Å²) in [5, 5.41) is 24.6. The Bertz CT molecular complexity index is 943. The minimum atomic E-state index is -0.598. The van der Waals surface area contributed by atoms with Gasteiger partial charge in [-0.25, -0.2) is 0 Å². The lowest BCUT2D eigenvalue weighted by Crippen LogP contribution is -2.27. The van der Waals surface area contributed by atoms with Crippen LogP contribution in [0.15, 0.2) is 48.5 Å². The fourth-order valence-electron chi connectivity index (χ4n) is 2.38. The summed E-state index contributed by atoms with van der Waals surface area (Å²) in [6.07, 6.45) is 0.499. The maximum Gasteiger partial charge on any atom is 0.251 e. The van der Waals surface area contributed by atoms with E-state index in [0.717, 1.165) is 5.56 Å². The molecule has 0 saturated heterocycles. The predicted octanol–water partition coefficient (Wildman–Crippen LogP) is 3.45. The number of carbonyl (C=O) groups excluding carboxylic acids is 1. The second-order valence-electron chi connectivity index (χ2n) is 5.54. The predicted molar refractivity (Wildman–Crippen MR) is 97.4 cm³/mol. The lowest BCUT2D eigenvalue weighted by Gasteiger charge is -2.13. The number of amides is 1. The second kappa shape index (κ2) is 7.76. The molecule has 1 N–H and O–H groups in total. The molecule has 0 saturated carbocycles. The molecule has 0 aliphatic carbocycles. The average Bonchev–Trinajstić information content (AvgIpc) is 3.13. The molecule has 26 heavy (non-hydrogen) atoms. The van der Waals surface area contributed by atoms with E-state index in [2.05, 4.69) is 20.7 Å². The third-order valence-corrected chi connectivity index (χ3v) is 4.03. The maximum absolute atomic E-state index is 12.6. The minimum Gasteiger partial charge on any atom is -0.324 e. The summed E-state index contributed by atoms with van der Waals surface area (Å²) in [5.41, 5.74) is 1.90. The van der Waals surface area contributed by atoms with Crippen molar-refractivity contribution in [2.45, 2.75) is 19.4 Å². The van der Waals surface area contributed by atoms with Gasteiger partial charge in [-0.15, -0.1) is 10.2 Å². The molecule has 1 amide bonds. The molecule has 8 heteroatoms. The van der Waals surface area contributed by atoms with Crippen LogP contribution in [0.1, 0.15) is 24.9 Å². The Labute approximate surface area is 155 Å². The summed E-state index contributed by atoms with van der Waals surface area (Å²) in [6.45, 7) is 1.87. The van der Waals surface area contributed by atoms with Crippen molar-refractivity contribution >= 4 is 23.2 Å². The highest BCUT2D eigenvalue weighted by Crippen LogP contribution is 2.19. The van der Waals surface area contributed by atoms with Gasteiger partial charge in [0.1, 0.15) is 0 Å². The van der Waals surface area contributed by atoms with Crippen molar-refractivity contribution in [1.29, 1.82) is 5.26 Å². The first-order valence-electron chi connectivity index (χ1n) is 7.97. The topological polar surface area (TPSA) is 96.5 Å². The Hall–Kier alpha value is -3.24. The second-order valence-corrected chi connectivity index (χ2v) is 5.98. The van der Waals surface area contributed by atoms with Gasteiger partial charge in [0, 0.05) is 16.3 Å². The molecule has 2 aromatic carbocycles. The third-order valence-electron chi connectivity index (χ3n) is 3.78. The van der Waals surface area contributed by atoms with Crippen molar-refractivity contribution in [3.05, 3.63) is 59.1 Å². The summed E-state index contributed by atoms with van der Waals surface area (Å²) in [4.78, 5) is 13.9. The van der Waals surface area contributed by atoms with Crippen LogP contribution in [0.25, 0.3) is 11.4 Å². The number of hydrogen-bond acceptors (Lipinski definition) is 5. The molecule has 3 aromatic rings. The van der Waals surface area contributed by atoms with E-state index in [9.17, 15) is 4.79 Å². The van der Waals surface area contributed by atoms with Crippen molar-refractivity contribution in [3.63, 3.8) is 0 Å². The van der Waals surface area contributed by atoms with Crippen LogP contribution in [-0.2, 0) is 4.79 Å². The average molecular weight is 367 g/mol. The van der Waals surface area contributed by atoms with E-state index in [1.165, 1.54) is 4.80 Å². The molecule has 0 aliphatic heterocycles. The number of rotatable bonds is 5. The Balaban J connectivity index is 1.76. The molecule has 7 nitrogen and oxygen atoms in total. The van der Waals surface area contributed by atoms with Crippen molar-refractivity contribution in [2.24, 2.45) is 0 Å². The fraction of sp³-hybridized carbons (Fsp3) is 0.167. The van der Waals surface area contributed by atoms with Crippen LogP contribution in [0.5, 0.6) is 0 Å². The van der Waals surface area contributed by atoms with Gasteiger partial charge >= 0.3 is 0 Å². The number of carbonyl (C=O) groups is 1. The quantitative estimate of drug-likeness (QED) is 0.745. The number of nitrogens with one attached hydrogen (secondary N) is 1. The first-order chi connectivity index (χ1) is 12.6. The summed E-state index contributed by atoms with van der Waals surface area (Å²) in [7, 11) is 0. The van der Waals surface area contributed by atoms with E-state index < -0.39 is 6.04 Å². The zero-order valence-electron chi connectivity index (χ0n) is 13.9. The van der Waals surface area contributed by atoms with Crippen LogP contribution < -0.4 is 5.32 Å². The van der Waals surface area contributed by atoms with Gasteiger partial charge in [-0.05, 0) is 60.2 Å². The normalized spacial score (nSPS) is 11.6. The SMILES string of the molecule is CC[C@H](C(=O)Nc1ccc(C#N)cc1)n1nnc(-c2ccc(Cl)cc2)n1. The van der Waals surface area contributed by atoms with Gasteiger partial charge in [0.25, 0.3) is 5.91 Å². The highest BCUT2D eigenvalue weighted by Gasteiger charge is 2.22. The molecular weight excluding hydrogens is 352 g/mol. The monoisotopic (exact) mass is 366 g/mol. The molecule has 0 radical (unpaired) electrons. The van der Waals surface area contributed by atoms with Crippen LogP contribution in [-0.4, -0.2) is 26.1 Å². The number of tetrazole rings is 1. The Kier molecular flexibility index (Phi) is 5.25. The molecule has 130 valence electrons. The molecule has 3 rings (SSSR count). The number of anilines is 1. The zero-order chi connectivity index (χ0) is 18.5. The van der Waals surface area contributed by atoms with Gasteiger partial charge in [-0.1, -0.05) is 18.5 Å². The van der Waals surface area contributed by atoms with Crippen molar-refractivity contribution in [3.8, 4) is 17.5 Å². The van der Waals surface area contributed by atoms with Gasteiger partial charge in [0.2, 0.25) is 5.82 Å². The molecular formula is C18H15ClN6O. The van der Waals surface area contributed by atoms with Crippen molar-refractivity contribution < 1.29 is 4.79 Å². The molecule has 0 spiro atoms. The van der Waals surface area contributed by atoms with Crippen LogP contribution >= 0.6 is 11.6 Å². The van der Waals surface area contributed by atoms with Crippen molar-refractivity contribution in [2.75, 3.05) is 5.32 Å². The smallest absolute Gasteiger partial charge is 0.251 e. The van der Waals surface area contributed by atoms with E-state index in [4.69, 9.17) is 16.9 Å². The number of nitrogens with zero attached hydrogens (tertiary/aromatic N) is 5. The van der Waals surface area contributed by atoms with E-state index >= 15 is 0 Å². The van der Waals surface area contributed by atoms with Crippen molar-refractivity contribution in [1.82, 2.24) is 20.2 Å². The van der Waals surface area contributed by atoms with E-state index in [1.54, 1.807) is 48.5 Å². The molecule has 0 bridgehead atoms. The number of hydrogen-bond donors (Lipinski definition) is 1. The van der Waals surface area contributed by atoms with Crippen LogP contribution in [0.3, 0.4) is 0 Å². The molecule has 0 aliphatic rings. The van der Waals surface area contributed by atoms with Gasteiger partial charge in [0.05, 0.1) is 11.6 Å².